The van der Waals surface area contributed by atoms with Crippen LogP contribution in [0.3, 0.4) is 0 Å². The molecule has 5 heteroatoms. The van der Waals surface area contributed by atoms with Crippen molar-refractivity contribution in [3.05, 3.63) is 69.8 Å². The maximum Gasteiger partial charge on any atom is 0.251 e. The number of H-pyrrole nitrogens is 1. The highest BCUT2D eigenvalue weighted by Crippen LogP contribution is 2.21. The Hall–Kier alpha value is -2.82. The van der Waals surface area contributed by atoms with Crippen LogP contribution in [0.15, 0.2) is 47.4 Å². The molecule has 0 radical (unpaired) electrons. The number of benzene rings is 1. The molecular formula is C20H21N3O2. The van der Waals surface area contributed by atoms with Gasteiger partial charge in [0.1, 0.15) is 0 Å². The van der Waals surface area contributed by atoms with E-state index in [-0.39, 0.29) is 17.5 Å². The van der Waals surface area contributed by atoms with Gasteiger partial charge < -0.3 is 14.9 Å². The fourth-order valence-electron chi connectivity index (χ4n) is 3.76. The summed E-state index contributed by atoms with van der Waals surface area (Å²) < 4.78 is 1.84. The lowest BCUT2D eigenvalue weighted by Gasteiger charge is -2.27. The molecule has 5 nitrogen and oxygen atoms in total. The first-order valence-corrected chi connectivity index (χ1v) is 8.75. The van der Waals surface area contributed by atoms with Gasteiger partial charge in [0.25, 0.3) is 11.5 Å². The molecule has 0 aliphatic heterocycles. The van der Waals surface area contributed by atoms with E-state index in [4.69, 9.17) is 0 Å². The Balaban J connectivity index is 1.52. The monoisotopic (exact) mass is 335 g/mol. The fourth-order valence-corrected chi connectivity index (χ4v) is 3.76. The van der Waals surface area contributed by atoms with Crippen LogP contribution in [0.2, 0.25) is 0 Å². The molecule has 0 saturated heterocycles. The zero-order valence-corrected chi connectivity index (χ0v) is 14.2. The molecule has 1 unspecified atom stereocenters. The van der Waals surface area contributed by atoms with E-state index in [2.05, 4.69) is 10.3 Å². The van der Waals surface area contributed by atoms with Crippen molar-refractivity contribution in [3.63, 3.8) is 0 Å². The van der Waals surface area contributed by atoms with Gasteiger partial charge in [-0.1, -0.05) is 6.07 Å². The normalized spacial score (nSPS) is 16.6. The number of fused-ring (bicyclic) bond motifs is 2. The summed E-state index contributed by atoms with van der Waals surface area (Å²) in [5.74, 6) is -0.0413. The summed E-state index contributed by atoms with van der Waals surface area (Å²) in [6.45, 7) is 2.68. The van der Waals surface area contributed by atoms with Crippen LogP contribution in [-0.2, 0) is 19.4 Å². The first-order chi connectivity index (χ1) is 12.2. The molecule has 0 bridgehead atoms. The second-order valence-corrected chi connectivity index (χ2v) is 6.58. The van der Waals surface area contributed by atoms with Crippen LogP contribution < -0.4 is 10.9 Å². The number of carbonyl (C=O) groups is 1. The number of pyridine rings is 1. The SMILES string of the molecule is CCn1c2c(ccc1=O)CC(NC(=O)c1ccc3[nH]ccc3c1)CC2. The van der Waals surface area contributed by atoms with Crippen LogP contribution >= 0.6 is 0 Å². The molecule has 3 aromatic rings. The Labute approximate surface area is 145 Å². The molecule has 0 fully saturated rings. The Morgan fingerprint density at radius 1 is 1.28 bits per heavy atom. The largest absolute Gasteiger partial charge is 0.361 e. The van der Waals surface area contributed by atoms with Crippen molar-refractivity contribution >= 4 is 16.8 Å². The third-order valence-corrected chi connectivity index (χ3v) is 5.05. The van der Waals surface area contributed by atoms with Crippen molar-refractivity contribution in [2.24, 2.45) is 0 Å². The topological polar surface area (TPSA) is 66.9 Å². The van der Waals surface area contributed by atoms with Crippen molar-refractivity contribution in [1.29, 1.82) is 0 Å². The molecule has 2 heterocycles. The minimum atomic E-state index is -0.0413. The summed E-state index contributed by atoms with van der Waals surface area (Å²) in [6.07, 6.45) is 4.32. The quantitative estimate of drug-likeness (QED) is 0.773. The van der Waals surface area contributed by atoms with Gasteiger partial charge in [-0.05, 0) is 56.0 Å². The van der Waals surface area contributed by atoms with Crippen LogP contribution in [0.25, 0.3) is 10.9 Å². The van der Waals surface area contributed by atoms with Gasteiger partial charge >= 0.3 is 0 Å². The second kappa shape index (κ2) is 6.24. The Morgan fingerprint density at radius 3 is 3.00 bits per heavy atom. The molecule has 1 amide bonds. The van der Waals surface area contributed by atoms with Gasteiger partial charge in [-0.3, -0.25) is 9.59 Å². The van der Waals surface area contributed by atoms with E-state index in [1.54, 1.807) is 6.07 Å². The summed E-state index contributed by atoms with van der Waals surface area (Å²) in [4.78, 5) is 27.7. The van der Waals surface area contributed by atoms with Gasteiger partial charge in [-0.25, -0.2) is 0 Å². The highest BCUT2D eigenvalue weighted by molar-refractivity contribution is 5.98. The number of nitrogens with zero attached hydrogens (tertiary/aromatic N) is 1. The lowest BCUT2D eigenvalue weighted by atomic mass is 9.91. The number of aromatic nitrogens is 2. The molecule has 1 atom stereocenters. The molecule has 1 aromatic carbocycles. The number of nitrogens with one attached hydrogen (secondary N) is 2. The highest BCUT2D eigenvalue weighted by Gasteiger charge is 2.23. The predicted octanol–water partition coefficient (Wildman–Crippen LogP) is 2.64. The van der Waals surface area contributed by atoms with Crippen LogP contribution in [-0.4, -0.2) is 21.5 Å². The molecular weight excluding hydrogens is 314 g/mol. The van der Waals surface area contributed by atoms with Crippen molar-refractivity contribution in [3.8, 4) is 0 Å². The number of rotatable bonds is 3. The minimum Gasteiger partial charge on any atom is -0.361 e. The van der Waals surface area contributed by atoms with Crippen molar-refractivity contribution in [1.82, 2.24) is 14.9 Å². The first kappa shape index (κ1) is 15.7. The third-order valence-electron chi connectivity index (χ3n) is 5.05. The third kappa shape index (κ3) is 2.86. The lowest BCUT2D eigenvalue weighted by molar-refractivity contribution is 0.0933. The van der Waals surface area contributed by atoms with Crippen molar-refractivity contribution < 1.29 is 4.79 Å². The van der Waals surface area contributed by atoms with E-state index in [1.807, 2.05) is 48.0 Å². The van der Waals surface area contributed by atoms with Crippen LogP contribution in [0.4, 0.5) is 0 Å². The zero-order chi connectivity index (χ0) is 17.4. The number of hydrogen-bond acceptors (Lipinski definition) is 2. The summed E-state index contributed by atoms with van der Waals surface area (Å²) in [6, 6.07) is 11.3. The average molecular weight is 335 g/mol. The van der Waals surface area contributed by atoms with Crippen LogP contribution in [0.5, 0.6) is 0 Å². The van der Waals surface area contributed by atoms with Gasteiger partial charge in [-0.15, -0.1) is 0 Å². The molecule has 128 valence electrons. The first-order valence-electron chi connectivity index (χ1n) is 8.75. The molecule has 4 rings (SSSR count). The average Bonchev–Trinajstić information content (AvgIpc) is 3.09. The molecule has 1 aliphatic carbocycles. The van der Waals surface area contributed by atoms with E-state index in [1.165, 1.54) is 5.56 Å². The Morgan fingerprint density at radius 2 is 2.16 bits per heavy atom. The smallest absolute Gasteiger partial charge is 0.251 e. The van der Waals surface area contributed by atoms with E-state index in [0.29, 0.717) is 12.1 Å². The standard InChI is InChI=1S/C20H21N3O2/c1-2-23-18-7-5-16(12-14(18)4-8-19(23)24)22-20(25)15-3-6-17-13(11-15)9-10-21-17/h3-4,6,8-11,16,21H,2,5,7,12H2,1H3,(H,22,25). The van der Waals surface area contributed by atoms with Crippen LogP contribution in [0.1, 0.15) is 35.0 Å². The number of amides is 1. The van der Waals surface area contributed by atoms with E-state index in [0.717, 1.165) is 35.9 Å². The molecule has 0 saturated carbocycles. The predicted molar refractivity (Wildman–Crippen MR) is 98.0 cm³/mol. The van der Waals surface area contributed by atoms with Crippen molar-refractivity contribution in [2.75, 3.05) is 0 Å². The van der Waals surface area contributed by atoms with Crippen molar-refractivity contribution in [2.45, 2.75) is 38.8 Å². The molecule has 2 aromatic heterocycles. The van der Waals surface area contributed by atoms with E-state index < -0.39 is 0 Å². The number of aromatic amines is 1. The van der Waals surface area contributed by atoms with Gasteiger partial charge in [0.2, 0.25) is 0 Å². The molecule has 25 heavy (non-hydrogen) atoms. The Kier molecular flexibility index (Phi) is 3.92. The zero-order valence-electron chi connectivity index (χ0n) is 14.2. The highest BCUT2D eigenvalue weighted by atomic mass is 16.1. The van der Waals surface area contributed by atoms with Gasteiger partial charge in [0.05, 0.1) is 0 Å². The maximum atomic E-state index is 12.6. The molecule has 0 spiro atoms. The van der Waals surface area contributed by atoms with Crippen LogP contribution in [0, 0.1) is 0 Å². The summed E-state index contributed by atoms with van der Waals surface area (Å²) in [5.41, 5.74) is 4.05. The van der Waals surface area contributed by atoms with Gasteiger partial charge in [0, 0.05) is 47.0 Å². The van der Waals surface area contributed by atoms with E-state index in [9.17, 15) is 9.59 Å². The second-order valence-electron chi connectivity index (χ2n) is 6.58. The van der Waals surface area contributed by atoms with Gasteiger partial charge in [0.15, 0.2) is 0 Å². The minimum absolute atomic E-state index is 0.0413. The fraction of sp³-hybridized carbons (Fsp3) is 0.300. The van der Waals surface area contributed by atoms with E-state index >= 15 is 0 Å². The number of hydrogen-bond donors (Lipinski definition) is 2. The summed E-state index contributed by atoms with van der Waals surface area (Å²) >= 11 is 0. The molecule has 2 N–H and O–H groups in total. The van der Waals surface area contributed by atoms with Gasteiger partial charge in [-0.2, -0.15) is 0 Å². The summed E-state index contributed by atoms with van der Waals surface area (Å²) in [7, 11) is 0. The number of carbonyl (C=O) groups excluding carboxylic acids is 1. The Bertz CT molecular complexity index is 1000. The lowest BCUT2D eigenvalue weighted by Crippen LogP contribution is -2.40. The maximum absolute atomic E-state index is 12.6. The summed E-state index contributed by atoms with van der Waals surface area (Å²) in [5, 5.41) is 4.18. The molecule has 1 aliphatic rings.